The molecule has 0 saturated heterocycles. The lowest BCUT2D eigenvalue weighted by Crippen LogP contribution is -2.27. The molecule has 0 radical (unpaired) electrons. The second-order valence-corrected chi connectivity index (χ2v) is 3.80. The van der Waals surface area contributed by atoms with E-state index in [-0.39, 0.29) is 6.10 Å². The molecule has 0 spiro atoms. The summed E-state index contributed by atoms with van der Waals surface area (Å²) in [5.41, 5.74) is 0. The van der Waals surface area contributed by atoms with Crippen molar-refractivity contribution >= 4 is 0 Å². The maximum absolute atomic E-state index is 9.45. The van der Waals surface area contributed by atoms with Crippen LogP contribution >= 0.6 is 0 Å². The van der Waals surface area contributed by atoms with Crippen LogP contribution in [0.1, 0.15) is 26.2 Å². The molecule has 1 aromatic heterocycles. The van der Waals surface area contributed by atoms with Crippen LogP contribution in [0, 0.1) is 0 Å². The monoisotopic (exact) mass is 211 g/mol. The summed E-state index contributed by atoms with van der Waals surface area (Å²) in [6, 6.07) is 0. The molecule has 0 aliphatic rings. The fraction of sp³-hybridized carbons (Fsp3) is 0.727. The summed E-state index contributed by atoms with van der Waals surface area (Å²) in [7, 11) is 0. The van der Waals surface area contributed by atoms with Crippen molar-refractivity contribution < 1.29 is 5.11 Å². The molecule has 4 heteroatoms. The number of hydrogen-bond acceptors (Lipinski definition) is 3. The first-order chi connectivity index (χ1) is 7.33. The average Bonchev–Trinajstić information content (AvgIpc) is 2.70. The van der Waals surface area contributed by atoms with E-state index in [9.17, 15) is 5.11 Å². The lowest BCUT2D eigenvalue weighted by molar-refractivity contribution is 0.160. The minimum atomic E-state index is -0.191. The van der Waals surface area contributed by atoms with E-state index in [1.807, 2.05) is 12.5 Å². The van der Waals surface area contributed by atoms with E-state index >= 15 is 0 Å². The van der Waals surface area contributed by atoms with Crippen LogP contribution in [0.2, 0.25) is 0 Å². The molecule has 1 rings (SSSR count). The highest BCUT2D eigenvalue weighted by Gasteiger charge is 2.00. The number of hydrogen-bond donors (Lipinski definition) is 2. The minimum absolute atomic E-state index is 0.191. The van der Waals surface area contributed by atoms with Gasteiger partial charge in [-0.15, -0.1) is 0 Å². The van der Waals surface area contributed by atoms with Crippen LogP contribution in [-0.2, 0) is 6.54 Å². The van der Waals surface area contributed by atoms with E-state index in [4.69, 9.17) is 0 Å². The predicted octanol–water partition coefficient (Wildman–Crippen LogP) is 1.02. The van der Waals surface area contributed by atoms with Crippen molar-refractivity contribution in [3.05, 3.63) is 18.7 Å². The van der Waals surface area contributed by atoms with Gasteiger partial charge < -0.3 is 15.0 Å². The summed E-state index contributed by atoms with van der Waals surface area (Å²) >= 11 is 0. The van der Waals surface area contributed by atoms with Gasteiger partial charge in [-0.2, -0.15) is 0 Å². The summed E-state index contributed by atoms with van der Waals surface area (Å²) in [6.45, 7) is 4.72. The topological polar surface area (TPSA) is 50.1 Å². The molecule has 4 nitrogen and oxygen atoms in total. The van der Waals surface area contributed by atoms with Gasteiger partial charge in [0.25, 0.3) is 0 Å². The summed E-state index contributed by atoms with van der Waals surface area (Å²) in [5.74, 6) is 0. The molecule has 0 aromatic carbocycles. The van der Waals surface area contributed by atoms with Crippen LogP contribution in [0.15, 0.2) is 18.7 Å². The first-order valence-corrected chi connectivity index (χ1v) is 5.67. The quantitative estimate of drug-likeness (QED) is 0.631. The van der Waals surface area contributed by atoms with Gasteiger partial charge in [0, 0.05) is 25.5 Å². The van der Waals surface area contributed by atoms with E-state index in [2.05, 4.69) is 21.8 Å². The van der Waals surface area contributed by atoms with Crippen LogP contribution in [0.4, 0.5) is 0 Å². The Labute approximate surface area is 91.3 Å². The largest absolute Gasteiger partial charge is 0.392 e. The number of nitrogens with one attached hydrogen (secondary N) is 1. The van der Waals surface area contributed by atoms with Crippen LogP contribution in [-0.4, -0.2) is 33.9 Å². The summed E-state index contributed by atoms with van der Waals surface area (Å²) in [6.07, 6.45) is 8.38. The fourth-order valence-electron chi connectivity index (χ4n) is 1.51. The molecule has 0 aliphatic carbocycles. The van der Waals surface area contributed by atoms with Crippen molar-refractivity contribution in [3.63, 3.8) is 0 Å². The first kappa shape index (κ1) is 12.2. The first-order valence-electron chi connectivity index (χ1n) is 5.67. The Morgan fingerprint density at radius 1 is 1.53 bits per heavy atom. The van der Waals surface area contributed by atoms with Crippen molar-refractivity contribution in [2.75, 3.05) is 13.1 Å². The standard InChI is InChI=1S/C11H21N3O/c1-2-4-11(15)9-12-5-3-7-14-8-6-13-10-14/h6,8,10-12,15H,2-5,7,9H2,1H3. The van der Waals surface area contributed by atoms with Gasteiger partial charge in [-0.1, -0.05) is 13.3 Å². The average molecular weight is 211 g/mol. The van der Waals surface area contributed by atoms with E-state index in [1.165, 1.54) is 0 Å². The third-order valence-electron chi connectivity index (χ3n) is 2.33. The summed E-state index contributed by atoms with van der Waals surface area (Å²) in [5, 5.41) is 12.7. The minimum Gasteiger partial charge on any atom is -0.392 e. The molecule has 0 amide bonds. The summed E-state index contributed by atoms with van der Waals surface area (Å²) < 4.78 is 2.06. The number of imidazole rings is 1. The van der Waals surface area contributed by atoms with Gasteiger partial charge in [0.1, 0.15) is 0 Å². The van der Waals surface area contributed by atoms with Crippen molar-refractivity contribution in [2.24, 2.45) is 0 Å². The molecule has 1 unspecified atom stereocenters. The van der Waals surface area contributed by atoms with Crippen LogP contribution < -0.4 is 5.32 Å². The van der Waals surface area contributed by atoms with Crippen molar-refractivity contribution in [1.82, 2.24) is 14.9 Å². The third kappa shape index (κ3) is 5.54. The Balaban J connectivity index is 1.93. The van der Waals surface area contributed by atoms with Gasteiger partial charge in [0.2, 0.25) is 0 Å². The lowest BCUT2D eigenvalue weighted by atomic mass is 10.2. The van der Waals surface area contributed by atoms with Crippen LogP contribution in [0.25, 0.3) is 0 Å². The Morgan fingerprint density at radius 3 is 3.07 bits per heavy atom. The zero-order valence-electron chi connectivity index (χ0n) is 9.39. The Bertz CT molecular complexity index is 236. The Morgan fingerprint density at radius 2 is 2.40 bits per heavy atom. The zero-order chi connectivity index (χ0) is 10.9. The predicted molar refractivity (Wildman–Crippen MR) is 60.6 cm³/mol. The van der Waals surface area contributed by atoms with Gasteiger partial charge in [0.15, 0.2) is 0 Å². The van der Waals surface area contributed by atoms with Crippen molar-refractivity contribution in [1.29, 1.82) is 0 Å². The lowest BCUT2D eigenvalue weighted by Gasteiger charge is -2.10. The second-order valence-electron chi connectivity index (χ2n) is 3.80. The number of aliphatic hydroxyl groups is 1. The number of nitrogens with zero attached hydrogens (tertiary/aromatic N) is 2. The van der Waals surface area contributed by atoms with Gasteiger partial charge in [0.05, 0.1) is 12.4 Å². The highest BCUT2D eigenvalue weighted by atomic mass is 16.3. The number of rotatable bonds is 8. The zero-order valence-corrected chi connectivity index (χ0v) is 9.39. The maximum atomic E-state index is 9.45. The molecule has 0 fully saturated rings. The molecule has 1 atom stereocenters. The molecule has 86 valence electrons. The molecule has 0 bridgehead atoms. The van der Waals surface area contributed by atoms with Crippen molar-refractivity contribution in [3.8, 4) is 0 Å². The Kier molecular flexibility index (Phi) is 6.04. The number of aliphatic hydroxyl groups excluding tert-OH is 1. The summed E-state index contributed by atoms with van der Waals surface area (Å²) in [4.78, 5) is 3.98. The fourth-order valence-corrected chi connectivity index (χ4v) is 1.51. The van der Waals surface area contributed by atoms with E-state index in [0.717, 1.165) is 32.4 Å². The SMILES string of the molecule is CCCC(O)CNCCCn1ccnc1. The third-order valence-corrected chi connectivity index (χ3v) is 2.33. The molecule has 15 heavy (non-hydrogen) atoms. The molecule has 0 saturated carbocycles. The van der Waals surface area contributed by atoms with Gasteiger partial charge >= 0.3 is 0 Å². The van der Waals surface area contributed by atoms with Gasteiger partial charge in [-0.3, -0.25) is 0 Å². The Hall–Kier alpha value is -0.870. The highest BCUT2D eigenvalue weighted by molar-refractivity contribution is 4.73. The second kappa shape index (κ2) is 7.43. The molecular weight excluding hydrogens is 190 g/mol. The van der Waals surface area contributed by atoms with E-state index in [1.54, 1.807) is 6.20 Å². The number of aromatic nitrogens is 2. The molecule has 2 N–H and O–H groups in total. The maximum Gasteiger partial charge on any atom is 0.0945 e. The van der Waals surface area contributed by atoms with Crippen LogP contribution in [0.3, 0.4) is 0 Å². The molecule has 0 aliphatic heterocycles. The molecule has 1 aromatic rings. The normalized spacial score (nSPS) is 12.9. The highest BCUT2D eigenvalue weighted by Crippen LogP contribution is 1.94. The molecule has 1 heterocycles. The molecular formula is C11H21N3O. The van der Waals surface area contributed by atoms with E-state index in [0.29, 0.717) is 6.54 Å². The van der Waals surface area contributed by atoms with Crippen molar-refractivity contribution in [2.45, 2.75) is 38.8 Å². The van der Waals surface area contributed by atoms with E-state index < -0.39 is 0 Å². The van der Waals surface area contributed by atoms with Crippen LogP contribution in [0.5, 0.6) is 0 Å². The van der Waals surface area contributed by atoms with Gasteiger partial charge in [-0.05, 0) is 19.4 Å². The smallest absolute Gasteiger partial charge is 0.0945 e. The number of aryl methyl sites for hydroxylation is 1. The van der Waals surface area contributed by atoms with Gasteiger partial charge in [-0.25, -0.2) is 4.98 Å².